The van der Waals surface area contributed by atoms with Gasteiger partial charge in [-0.3, -0.25) is 0 Å². The third-order valence-corrected chi connectivity index (χ3v) is 14.5. The Morgan fingerprint density at radius 2 is 0.672 bits per heavy atom. The summed E-state index contributed by atoms with van der Waals surface area (Å²) in [6.45, 7) is 9.09. The number of anilines is 6. The van der Waals surface area contributed by atoms with Crippen LogP contribution in [0.2, 0.25) is 0 Å². The number of nitrogens with zero attached hydrogens (tertiary/aromatic N) is 2. The van der Waals surface area contributed by atoms with Crippen LogP contribution in [0.5, 0.6) is 0 Å². The predicted molar refractivity (Wildman–Crippen MR) is 261 cm³/mol. The molecule has 0 bridgehead atoms. The Hall–Kier alpha value is -3.60. The summed E-state index contributed by atoms with van der Waals surface area (Å²) in [6.07, 6.45) is 29.9. The van der Waals surface area contributed by atoms with Crippen molar-refractivity contribution in [3.63, 3.8) is 0 Å². The zero-order chi connectivity index (χ0) is 40.1. The molecule has 2 nitrogen and oxygen atoms in total. The highest BCUT2D eigenvalue weighted by molar-refractivity contribution is 7.19. The second-order valence-electron chi connectivity index (χ2n) is 17.3. The van der Waals surface area contributed by atoms with Crippen molar-refractivity contribution in [1.82, 2.24) is 0 Å². The molecule has 3 heterocycles. The highest BCUT2D eigenvalue weighted by Gasteiger charge is 2.32. The van der Waals surface area contributed by atoms with E-state index < -0.39 is 0 Å². The van der Waals surface area contributed by atoms with Gasteiger partial charge in [-0.2, -0.15) is 0 Å². The number of thiophene rings is 2. The first kappa shape index (κ1) is 42.5. The molecule has 6 aromatic rings. The molecule has 0 amide bonds. The molecule has 58 heavy (non-hydrogen) atoms. The van der Waals surface area contributed by atoms with E-state index in [1.54, 1.807) is 0 Å². The van der Waals surface area contributed by atoms with Gasteiger partial charge in [0.1, 0.15) is 0 Å². The first-order valence-corrected chi connectivity index (χ1v) is 25.0. The van der Waals surface area contributed by atoms with Gasteiger partial charge in [-0.05, 0) is 122 Å². The Labute approximate surface area is 359 Å². The van der Waals surface area contributed by atoms with Crippen molar-refractivity contribution in [2.75, 3.05) is 9.80 Å². The SMILES string of the molecule is CCCCCCCCCCCCc1ccc(N2c3cc4cc(C)sc4cc3N(c3ccc(CCCCCCCCCCCC)cc3)c3cc4cc(C)sc4cc32)cc1. The molecule has 1 aliphatic rings. The Kier molecular flexibility index (Phi) is 15.8. The van der Waals surface area contributed by atoms with Crippen LogP contribution in [0.15, 0.2) is 84.9 Å². The summed E-state index contributed by atoms with van der Waals surface area (Å²) in [5.74, 6) is 0. The van der Waals surface area contributed by atoms with Gasteiger partial charge in [0.05, 0.1) is 22.7 Å². The molecule has 4 aromatic carbocycles. The predicted octanol–water partition coefficient (Wildman–Crippen LogP) is 18.9. The van der Waals surface area contributed by atoms with E-state index in [4.69, 9.17) is 0 Å². The molecule has 1 aliphatic heterocycles. The highest BCUT2D eigenvalue weighted by atomic mass is 32.1. The first-order valence-electron chi connectivity index (χ1n) is 23.4. The number of benzene rings is 4. The van der Waals surface area contributed by atoms with Gasteiger partial charge in [0.25, 0.3) is 0 Å². The van der Waals surface area contributed by atoms with Crippen LogP contribution in [0.1, 0.15) is 163 Å². The molecule has 0 radical (unpaired) electrons. The fourth-order valence-electron chi connectivity index (χ4n) is 9.18. The minimum absolute atomic E-state index is 1.16. The normalized spacial score (nSPS) is 12.6. The molecular weight excluding hydrogens is 741 g/mol. The summed E-state index contributed by atoms with van der Waals surface area (Å²) in [4.78, 5) is 7.81. The van der Waals surface area contributed by atoms with Crippen molar-refractivity contribution in [3.8, 4) is 0 Å². The lowest BCUT2D eigenvalue weighted by Crippen LogP contribution is -2.24. The van der Waals surface area contributed by atoms with Gasteiger partial charge >= 0.3 is 0 Å². The van der Waals surface area contributed by atoms with E-state index in [9.17, 15) is 0 Å². The zero-order valence-electron chi connectivity index (χ0n) is 36.4. The van der Waals surface area contributed by atoms with E-state index in [0.29, 0.717) is 0 Å². The maximum atomic E-state index is 2.55. The van der Waals surface area contributed by atoms with Crippen molar-refractivity contribution in [3.05, 3.63) is 106 Å². The molecular formula is C54H70N2S2. The van der Waals surface area contributed by atoms with Gasteiger partial charge < -0.3 is 9.80 Å². The van der Waals surface area contributed by atoms with Crippen LogP contribution in [0, 0.1) is 13.8 Å². The van der Waals surface area contributed by atoms with Crippen molar-refractivity contribution in [2.24, 2.45) is 0 Å². The van der Waals surface area contributed by atoms with E-state index in [1.807, 2.05) is 22.7 Å². The molecule has 308 valence electrons. The second-order valence-corrected chi connectivity index (χ2v) is 19.9. The Morgan fingerprint density at radius 3 is 1.02 bits per heavy atom. The van der Waals surface area contributed by atoms with Crippen LogP contribution in [0.25, 0.3) is 20.2 Å². The summed E-state index contributed by atoms with van der Waals surface area (Å²) in [5, 5.41) is 2.65. The van der Waals surface area contributed by atoms with Gasteiger partial charge in [-0.15, -0.1) is 22.7 Å². The van der Waals surface area contributed by atoms with Crippen molar-refractivity contribution >= 4 is 77.0 Å². The number of aryl methyl sites for hydroxylation is 4. The summed E-state index contributed by atoms with van der Waals surface area (Å²) < 4.78 is 2.70. The molecule has 0 spiro atoms. The molecule has 7 rings (SSSR count). The molecule has 0 saturated heterocycles. The zero-order valence-corrected chi connectivity index (χ0v) is 38.0. The number of hydrogen-bond donors (Lipinski definition) is 0. The maximum absolute atomic E-state index is 2.55. The third kappa shape index (κ3) is 11.0. The standard InChI is InChI=1S/C54H70N2S2/c1-5-7-9-11-13-15-17-19-21-23-25-43-27-31-47(32-28-43)55-49-37-45-35-41(3)58-54(45)40-52(49)56(50-38-46-36-42(4)57-53(46)39-51(50)55)48-33-29-44(30-34-48)26-24-22-20-18-16-14-12-10-8-6-2/h27-40H,5-26H2,1-4H3. The van der Waals surface area contributed by atoms with Crippen molar-refractivity contribution in [2.45, 2.75) is 169 Å². The van der Waals surface area contributed by atoms with Crippen LogP contribution in [-0.4, -0.2) is 0 Å². The molecule has 0 saturated carbocycles. The van der Waals surface area contributed by atoms with Gasteiger partial charge in [0, 0.05) is 30.5 Å². The molecule has 0 N–H and O–H groups in total. The minimum atomic E-state index is 1.16. The monoisotopic (exact) mass is 810 g/mol. The van der Waals surface area contributed by atoms with E-state index in [2.05, 4.69) is 122 Å². The maximum Gasteiger partial charge on any atom is 0.0717 e. The van der Waals surface area contributed by atoms with Gasteiger partial charge in [0.2, 0.25) is 0 Å². The van der Waals surface area contributed by atoms with Crippen molar-refractivity contribution in [1.29, 1.82) is 0 Å². The summed E-state index contributed by atoms with van der Waals surface area (Å²) >= 11 is 3.81. The fourth-order valence-corrected chi connectivity index (χ4v) is 11.1. The summed E-state index contributed by atoms with van der Waals surface area (Å²) in [5.41, 5.74) is 10.4. The smallest absolute Gasteiger partial charge is 0.0717 e. The lowest BCUT2D eigenvalue weighted by atomic mass is 10.0. The van der Waals surface area contributed by atoms with Crippen LogP contribution in [-0.2, 0) is 12.8 Å². The highest BCUT2D eigenvalue weighted by Crippen LogP contribution is 2.57. The van der Waals surface area contributed by atoms with Crippen LogP contribution >= 0.6 is 22.7 Å². The van der Waals surface area contributed by atoms with E-state index in [0.717, 1.165) is 12.8 Å². The third-order valence-electron chi connectivity index (χ3n) is 12.5. The quantitative estimate of drug-likeness (QED) is 0.0561. The lowest BCUT2D eigenvalue weighted by Gasteiger charge is -2.40. The van der Waals surface area contributed by atoms with Crippen LogP contribution < -0.4 is 9.80 Å². The van der Waals surface area contributed by atoms with E-state index in [-0.39, 0.29) is 0 Å². The second kappa shape index (κ2) is 21.6. The number of fused-ring (bicyclic) bond motifs is 4. The molecule has 4 heteroatoms. The molecule has 0 aliphatic carbocycles. The summed E-state index contributed by atoms with van der Waals surface area (Å²) in [7, 11) is 0. The van der Waals surface area contributed by atoms with E-state index >= 15 is 0 Å². The Morgan fingerprint density at radius 1 is 0.362 bits per heavy atom. The molecule has 0 fully saturated rings. The Balaban J connectivity index is 1.09. The van der Waals surface area contributed by atoms with Gasteiger partial charge in [-0.1, -0.05) is 154 Å². The number of unbranched alkanes of at least 4 members (excludes halogenated alkanes) is 18. The summed E-state index contributed by atoms with van der Waals surface area (Å²) in [6, 6.07) is 33.6. The molecule has 2 aromatic heterocycles. The lowest BCUT2D eigenvalue weighted by molar-refractivity contribution is 0.556. The average molecular weight is 811 g/mol. The topological polar surface area (TPSA) is 6.48 Å². The average Bonchev–Trinajstić information content (AvgIpc) is 3.79. The minimum Gasteiger partial charge on any atom is -0.306 e. The van der Waals surface area contributed by atoms with Gasteiger partial charge in [-0.25, -0.2) is 0 Å². The van der Waals surface area contributed by atoms with Crippen molar-refractivity contribution < 1.29 is 0 Å². The number of rotatable bonds is 24. The first-order chi connectivity index (χ1) is 28.5. The van der Waals surface area contributed by atoms with E-state index in [1.165, 1.54) is 204 Å². The molecule has 0 atom stereocenters. The van der Waals surface area contributed by atoms with Crippen LogP contribution in [0.3, 0.4) is 0 Å². The number of hydrogen-bond acceptors (Lipinski definition) is 4. The molecule has 0 unspecified atom stereocenters. The van der Waals surface area contributed by atoms with Gasteiger partial charge in [0.15, 0.2) is 0 Å². The fraction of sp³-hybridized carbons (Fsp3) is 0.481. The Bertz CT molecular complexity index is 1920. The largest absolute Gasteiger partial charge is 0.306 e. The van der Waals surface area contributed by atoms with Crippen LogP contribution in [0.4, 0.5) is 34.1 Å².